The Labute approximate surface area is 58.4 Å². The van der Waals surface area contributed by atoms with E-state index in [2.05, 4.69) is 0 Å². The normalized spacial score (nSPS) is 20.0. The standard InChI is InChI=1S/C5H10.Bi/c1-2-4-5-3-1;/h1-5H2;. The van der Waals surface area contributed by atoms with Gasteiger partial charge in [0.05, 0.1) is 0 Å². The van der Waals surface area contributed by atoms with Crippen LogP contribution in [0.1, 0.15) is 32.1 Å². The second-order valence-electron chi connectivity index (χ2n) is 1.77. The summed E-state index contributed by atoms with van der Waals surface area (Å²) >= 11 is 0. The van der Waals surface area contributed by atoms with Crippen LogP contribution in [-0.2, 0) is 0 Å². The topological polar surface area (TPSA) is 0 Å². The van der Waals surface area contributed by atoms with Gasteiger partial charge in [-0.05, 0) is 0 Å². The maximum Gasteiger partial charge on any atom is 0 e. The molecule has 1 heteroatoms. The zero-order chi connectivity index (χ0) is 3.54. The van der Waals surface area contributed by atoms with Crippen molar-refractivity contribution in [3.8, 4) is 0 Å². The van der Waals surface area contributed by atoms with Gasteiger partial charge in [0.25, 0.3) is 0 Å². The Kier molecular flexibility index (Phi) is 4.65. The summed E-state index contributed by atoms with van der Waals surface area (Å²) in [5, 5.41) is 0. The Hall–Kier alpha value is 0.883. The molecule has 0 amide bonds. The van der Waals surface area contributed by atoms with Crippen LogP contribution in [0.5, 0.6) is 0 Å². The molecule has 0 spiro atoms. The van der Waals surface area contributed by atoms with Crippen molar-refractivity contribution >= 4 is 26.2 Å². The van der Waals surface area contributed by atoms with Gasteiger partial charge in [0.15, 0.2) is 0 Å². The molecule has 0 aliphatic heterocycles. The van der Waals surface area contributed by atoms with E-state index in [4.69, 9.17) is 0 Å². The minimum atomic E-state index is 0. The minimum absolute atomic E-state index is 0. The van der Waals surface area contributed by atoms with Crippen molar-refractivity contribution in [2.24, 2.45) is 0 Å². The van der Waals surface area contributed by atoms with Crippen molar-refractivity contribution in [1.82, 2.24) is 0 Å². The van der Waals surface area contributed by atoms with Crippen molar-refractivity contribution < 1.29 is 0 Å². The maximum atomic E-state index is 1.50. The Balaban J connectivity index is 0.000000250. The molecule has 0 saturated heterocycles. The molecule has 0 nitrogen and oxygen atoms in total. The number of hydrogen-bond donors (Lipinski definition) is 0. The molecule has 0 aromatic rings. The van der Waals surface area contributed by atoms with Crippen LogP contribution in [0, 0.1) is 0 Å². The summed E-state index contributed by atoms with van der Waals surface area (Å²) in [6.07, 6.45) is 7.50. The van der Waals surface area contributed by atoms with Crippen LogP contribution < -0.4 is 0 Å². The molecule has 1 rings (SSSR count). The molecule has 0 unspecified atom stereocenters. The van der Waals surface area contributed by atoms with Crippen molar-refractivity contribution in [3.05, 3.63) is 0 Å². The van der Waals surface area contributed by atoms with Gasteiger partial charge in [-0.3, -0.25) is 0 Å². The van der Waals surface area contributed by atoms with Gasteiger partial charge < -0.3 is 0 Å². The van der Waals surface area contributed by atoms with Gasteiger partial charge in [-0.1, -0.05) is 32.1 Å². The first-order chi connectivity index (χ1) is 2.50. The zero-order valence-electron chi connectivity index (χ0n) is 3.98. The molecule has 1 saturated carbocycles. The van der Waals surface area contributed by atoms with E-state index >= 15 is 0 Å². The van der Waals surface area contributed by atoms with Gasteiger partial charge in [-0.15, -0.1) is 0 Å². The smallest absolute Gasteiger partial charge is 0 e. The molecule has 35 valence electrons. The van der Waals surface area contributed by atoms with Crippen molar-refractivity contribution in [3.63, 3.8) is 0 Å². The van der Waals surface area contributed by atoms with Gasteiger partial charge in [0.1, 0.15) is 0 Å². The van der Waals surface area contributed by atoms with E-state index in [9.17, 15) is 0 Å². The van der Waals surface area contributed by atoms with Crippen LogP contribution in [0.25, 0.3) is 0 Å². The fraction of sp³-hybridized carbons (Fsp3) is 1.00. The quantitative estimate of drug-likeness (QED) is 0.590. The summed E-state index contributed by atoms with van der Waals surface area (Å²) in [6.45, 7) is 0. The van der Waals surface area contributed by atoms with Crippen LogP contribution in [0.2, 0.25) is 0 Å². The Morgan fingerprint density at radius 3 is 0.833 bits per heavy atom. The SMILES string of the molecule is C1CCCC1.[Bi]. The second-order valence-corrected chi connectivity index (χ2v) is 1.77. The van der Waals surface area contributed by atoms with Gasteiger partial charge in [0, 0.05) is 26.2 Å². The molecule has 0 N–H and O–H groups in total. The largest absolute Gasteiger partial charge is 0.0533 e. The first kappa shape index (κ1) is 6.88. The second kappa shape index (κ2) is 4.05. The Bertz CT molecular complexity index is 15.5. The Morgan fingerprint density at radius 2 is 0.667 bits per heavy atom. The summed E-state index contributed by atoms with van der Waals surface area (Å²) in [5.41, 5.74) is 0. The molecule has 0 atom stereocenters. The van der Waals surface area contributed by atoms with Gasteiger partial charge in [0.2, 0.25) is 0 Å². The van der Waals surface area contributed by atoms with Gasteiger partial charge >= 0.3 is 0 Å². The third kappa shape index (κ3) is 2.13. The molecule has 3 radical (unpaired) electrons. The fourth-order valence-corrected chi connectivity index (χ4v) is 0.884. The molecule has 0 aromatic heterocycles. The van der Waals surface area contributed by atoms with Crippen LogP contribution in [-0.4, -0.2) is 26.2 Å². The van der Waals surface area contributed by atoms with Crippen molar-refractivity contribution in [1.29, 1.82) is 0 Å². The molecule has 1 aliphatic carbocycles. The maximum absolute atomic E-state index is 1.50. The predicted molar refractivity (Wildman–Crippen MR) is 28.8 cm³/mol. The first-order valence-corrected chi connectivity index (χ1v) is 2.50. The average Bonchev–Trinajstić information content (AvgIpc) is 1.76. The molecule has 0 aromatic carbocycles. The number of hydrogen-bond acceptors (Lipinski definition) is 0. The molecule has 1 fully saturated rings. The van der Waals surface area contributed by atoms with Gasteiger partial charge in [-0.25, -0.2) is 0 Å². The summed E-state index contributed by atoms with van der Waals surface area (Å²) in [5.74, 6) is 0. The van der Waals surface area contributed by atoms with Crippen molar-refractivity contribution in [2.45, 2.75) is 32.1 Å². The van der Waals surface area contributed by atoms with Crippen LogP contribution in [0.15, 0.2) is 0 Å². The van der Waals surface area contributed by atoms with E-state index in [1.807, 2.05) is 0 Å². The monoisotopic (exact) mass is 279 g/mol. The summed E-state index contributed by atoms with van der Waals surface area (Å²) in [7, 11) is 0. The molecule has 0 bridgehead atoms. The van der Waals surface area contributed by atoms with E-state index in [0.29, 0.717) is 0 Å². The van der Waals surface area contributed by atoms with Crippen molar-refractivity contribution in [2.75, 3.05) is 0 Å². The summed E-state index contributed by atoms with van der Waals surface area (Å²) < 4.78 is 0. The molecular weight excluding hydrogens is 269 g/mol. The van der Waals surface area contributed by atoms with E-state index < -0.39 is 0 Å². The third-order valence-corrected chi connectivity index (χ3v) is 1.25. The molecule has 0 heterocycles. The minimum Gasteiger partial charge on any atom is -0.0533 e. The van der Waals surface area contributed by atoms with Crippen LogP contribution >= 0.6 is 0 Å². The summed E-state index contributed by atoms with van der Waals surface area (Å²) in [4.78, 5) is 0. The fourth-order valence-electron chi connectivity index (χ4n) is 0.884. The first-order valence-electron chi connectivity index (χ1n) is 2.50. The zero-order valence-corrected chi connectivity index (χ0v) is 7.46. The molecule has 6 heavy (non-hydrogen) atoms. The van der Waals surface area contributed by atoms with Gasteiger partial charge in [-0.2, -0.15) is 0 Å². The number of rotatable bonds is 0. The van der Waals surface area contributed by atoms with E-state index in [1.54, 1.807) is 0 Å². The predicted octanol–water partition coefficient (Wildman–Crippen LogP) is 1.57. The average molecular weight is 279 g/mol. The van der Waals surface area contributed by atoms with E-state index in [-0.39, 0.29) is 26.2 Å². The summed E-state index contributed by atoms with van der Waals surface area (Å²) in [6, 6.07) is 0. The Morgan fingerprint density at radius 1 is 0.500 bits per heavy atom. The van der Waals surface area contributed by atoms with Crippen LogP contribution in [0.4, 0.5) is 0 Å². The molecule has 1 aliphatic rings. The van der Waals surface area contributed by atoms with Crippen LogP contribution in [0.3, 0.4) is 0 Å². The van der Waals surface area contributed by atoms with E-state index in [0.717, 1.165) is 0 Å². The van der Waals surface area contributed by atoms with E-state index in [1.165, 1.54) is 32.1 Å². The third-order valence-electron chi connectivity index (χ3n) is 1.25. The molecular formula is C5H10Bi.